The number of carboxylic acid groups (broad SMARTS) is 1. The van der Waals surface area contributed by atoms with E-state index in [1.54, 1.807) is 12.1 Å². The van der Waals surface area contributed by atoms with Crippen LogP contribution < -0.4 is 21.7 Å². The molecule has 202 valence electrons. The number of amides is 3. The number of phenols is 1. The van der Waals surface area contributed by atoms with Crippen LogP contribution in [0.4, 0.5) is 0 Å². The fourth-order valence-corrected chi connectivity index (χ4v) is 3.86. The van der Waals surface area contributed by atoms with Crippen molar-refractivity contribution in [3.63, 3.8) is 0 Å². The van der Waals surface area contributed by atoms with E-state index < -0.39 is 54.0 Å². The van der Waals surface area contributed by atoms with Crippen LogP contribution in [0.15, 0.2) is 24.3 Å². The van der Waals surface area contributed by atoms with Crippen molar-refractivity contribution in [1.82, 2.24) is 16.0 Å². The van der Waals surface area contributed by atoms with Gasteiger partial charge in [0.25, 0.3) is 0 Å². The first-order valence-corrected chi connectivity index (χ1v) is 13.1. The highest BCUT2D eigenvalue weighted by molar-refractivity contribution is 7.98. The lowest BCUT2D eigenvalue weighted by atomic mass is 10.0. The minimum Gasteiger partial charge on any atom is -0.508 e. The van der Waals surface area contributed by atoms with Crippen molar-refractivity contribution in [2.45, 2.75) is 70.3 Å². The lowest BCUT2D eigenvalue weighted by Gasteiger charge is -2.26. The van der Waals surface area contributed by atoms with Crippen LogP contribution in [-0.4, -0.2) is 81.3 Å². The van der Waals surface area contributed by atoms with Crippen LogP contribution in [0.3, 0.4) is 0 Å². The summed E-state index contributed by atoms with van der Waals surface area (Å²) < 4.78 is 0. The molecule has 12 heteroatoms. The second-order valence-electron chi connectivity index (χ2n) is 9.08. The smallest absolute Gasteiger partial charge is 0.326 e. The van der Waals surface area contributed by atoms with E-state index in [1.165, 1.54) is 30.8 Å². The van der Waals surface area contributed by atoms with E-state index in [2.05, 4.69) is 16.0 Å². The number of aliphatic carboxylic acids is 1. The maximum Gasteiger partial charge on any atom is 0.326 e. The number of aromatic hydroxyl groups is 1. The average molecular weight is 527 g/mol. The molecule has 0 bridgehead atoms. The maximum absolute atomic E-state index is 13.0. The van der Waals surface area contributed by atoms with Crippen molar-refractivity contribution in [3.8, 4) is 5.75 Å². The van der Waals surface area contributed by atoms with E-state index in [-0.39, 0.29) is 24.5 Å². The molecule has 1 aromatic carbocycles. The van der Waals surface area contributed by atoms with Crippen LogP contribution in [0.2, 0.25) is 0 Å². The molecule has 0 spiro atoms. The van der Waals surface area contributed by atoms with Gasteiger partial charge >= 0.3 is 5.97 Å². The molecule has 3 amide bonds. The maximum atomic E-state index is 13.0. The Bertz CT molecular complexity index is 880. The predicted octanol–water partition coefficient (Wildman–Crippen LogP) is -0.0190. The lowest BCUT2D eigenvalue weighted by Crippen LogP contribution is -2.60. The molecule has 11 nitrogen and oxygen atoms in total. The molecule has 0 aliphatic heterocycles. The standard InChI is InChI=1S/C24H38N4O7S/c1-13(2)11-17(25)21(31)28-20(14(3)29)23(33)26-18(9-10-36-4)22(32)27-19(24(34)35)12-15-5-7-16(30)8-6-15/h5-8,13-14,17-20,29-30H,9-12,25H2,1-4H3,(H,26,33)(H,27,32)(H,28,31)(H,34,35). The third kappa shape index (κ3) is 10.8. The Balaban J connectivity index is 2.96. The highest BCUT2D eigenvalue weighted by Crippen LogP contribution is 2.12. The van der Waals surface area contributed by atoms with Crippen molar-refractivity contribution in [2.75, 3.05) is 12.0 Å². The van der Waals surface area contributed by atoms with Crippen LogP contribution in [0, 0.1) is 5.92 Å². The van der Waals surface area contributed by atoms with Crippen LogP contribution in [0.5, 0.6) is 5.75 Å². The molecular weight excluding hydrogens is 488 g/mol. The summed E-state index contributed by atoms with van der Waals surface area (Å²) in [5.41, 5.74) is 6.46. The molecule has 0 saturated heterocycles. The summed E-state index contributed by atoms with van der Waals surface area (Å²) in [6, 6.07) is 1.31. The molecule has 1 aromatic rings. The summed E-state index contributed by atoms with van der Waals surface area (Å²) >= 11 is 1.43. The number of carbonyl (C=O) groups is 4. The van der Waals surface area contributed by atoms with Crippen LogP contribution in [0.25, 0.3) is 0 Å². The molecule has 8 N–H and O–H groups in total. The normalized spacial score (nSPS) is 15.3. The molecule has 5 atom stereocenters. The fraction of sp³-hybridized carbons (Fsp3) is 0.583. The number of aliphatic hydroxyl groups is 1. The number of hydrogen-bond acceptors (Lipinski definition) is 8. The van der Waals surface area contributed by atoms with Gasteiger partial charge < -0.3 is 37.0 Å². The van der Waals surface area contributed by atoms with Crippen molar-refractivity contribution in [2.24, 2.45) is 11.7 Å². The van der Waals surface area contributed by atoms with Crippen LogP contribution in [-0.2, 0) is 25.6 Å². The number of phenolic OH excluding ortho intramolecular Hbond substituents is 1. The van der Waals surface area contributed by atoms with Gasteiger partial charge in [0.1, 0.15) is 23.9 Å². The quantitative estimate of drug-likeness (QED) is 0.165. The molecule has 0 aliphatic carbocycles. The number of thioether (sulfide) groups is 1. The molecule has 0 radical (unpaired) electrons. The van der Waals surface area contributed by atoms with E-state index in [0.29, 0.717) is 17.7 Å². The Morgan fingerprint density at radius 2 is 1.53 bits per heavy atom. The van der Waals surface area contributed by atoms with Gasteiger partial charge in [0.2, 0.25) is 17.7 Å². The predicted molar refractivity (Wildman–Crippen MR) is 137 cm³/mol. The summed E-state index contributed by atoms with van der Waals surface area (Å²) in [5.74, 6) is -2.71. The first kappa shape index (κ1) is 31.2. The van der Waals surface area contributed by atoms with Gasteiger partial charge in [-0.1, -0.05) is 26.0 Å². The van der Waals surface area contributed by atoms with E-state index >= 15 is 0 Å². The SMILES string of the molecule is CSCCC(NC(=O)C(NC(=O)C(N)CC(C)C)C(C)O)C(=O)NC(Cc1ccc(O)cc1)C(=O)O. The van der Waals surface area contributed by atoms with Crippen molar-refractivity contribution >= 4 is 35.5 Å². The molecule has 5 unspecified atom stereocenters. The largest absolute Gasteiger partial charge is 0.508 e. The Morgan fingerprint density at radius 3 is 2.03 bits per heavy atom. The summed E-state index contributed by atoms with van der Waals surface area (Å²) in [4.78, 5) is 50.1. The second-order valence-corrected chi connectivity index (χ2v) is 10.1. The third-order valence-electron chi connectivity index (χ3n) is 5.36. The fourth-order valence-electron chi connectivity index (χ4n) is 3.39. The zero-order valence-corrected chi connectivity index (χ0v) is 21.9. The number of hydrogen-bond donors (Lipinski definition) is 7. The van der Waals surface area contributed by atoms with Gasteiger partial charge in [-0.3, -0.25) is 14.4 Å². The summed E-state index contributed by atoms with van der Waals surface area (Å²) in [7, 11) is 0. The van der Waals surface area contributed by atoms with Crippen molar-refractivity contribution in [3.05, 3.63) is 29.8 Å². The zero-order valence-electron chi connectivity index (χ0n) is 21.1. The Labute approximate surface area is 215 Å². The molecule has 1 rings (SSSR count). The van der Waals surface area contributed by atoms with Gasteiger partial charge in [-0.25, -0.2) is 4.79 Å². The number of carboxylic acids is 1. The Morgan fingerprint density at radius 1 is 0.944 bits per heavy atom. The van der Waals surface area contributed by atoms with Crippen LogP contribution >= 0.6 is 11.8 Å². The molecule has 0 saturated carbocycles. The molecular formula is C24H38N4O7S. The van der Waals surface area contributed by atoms with Gasteiger partial charge in [-0.15, -0.1) is 0 Å². The Kier molecular flexibility index (Phi) is 13.3. The molecule has 0 aliphatic rings. The van der Waals surface area contributed by atoms with Gasteiger partial charge in [0, 0.05) is 6.42 Å². The van der Waals surface area contributed by atoms with Gasteiger partial charge in [-0.05, 0) is 55.4 Å². The number of benzene rings is 1. The highest BCUT2D eigenvalue weighted by atomic mass is 32.2. The molecule has 0 fully saturated rings. The molecule has 36 heavy (non-hydrogen) atoms. The van der Waals surface area contributed by atoms with E-state index in [1.807, 2.05) is 20.1 Å². The molecule has 0 aromatic heterocycles. The third-order valence-corrected chi connectivity index (χ3v) is 6.00. The number of nitrogens with two attached hydrogens (primary N) is 1. The first-order chi connectivity index (χ1) is 16.8. The van der Waals surface area contributed by atoms with Gasteiger partial charge in [0.05, 0.1) is 12.1 Å². The highest BCUT2D eigenvalue weighted by Gasteiger charge is 2.32. The molecule has 0 heterocycles. The lowest BCUT2D eigenvalue weighted by molar-refractivity contribution is -0.142. The van der Waals surface area contributed by atoms with Crippen LogP contribution in [0.1, 0.15) is 39.2 Å². The first-order valence-electron chi connectivity index (χ1n) is 11.7. The van der Waals surface area contributed by atoms with E-state index in [4.69, 9.17) is 5.73 Å². The summed E-state index contributed by atoms with van der Waals surface area (Å²) in [5, 5.41) is 36.5. The number of carbonyl (C=O) groups excluding carboxylic acids is 3. The van der Waals surface area contributed by atoms with Crippen molar-refractivity contribution in [1.29, 1.82) is 0 Å². The van der Waals surface area contributed by atoms with E-state index in [9.17, 15) is 34.5 Å². The average Bonchev–Trinajstić information content (AvgIpc) is 2.79. The van der Waals surface area contributed by atoms with Crippen molar-refractivity contribution < 1.29 is 34.5 Å². The van der Waals surface area contributed by atoms with Gasteiger partial charge in [-0.2, -0.15) is 11.8 Å². The topological polar surface area (TPSA) is 191 Å². The minimum absolute atomic E-state index is 0.0272. The van der Waals surface area contributed by atoms with E-state index in [0.717, 1.165) is 0 Å². The summed E-state index contributed by atoms with van der Waals surface area (Å²) in [6.07, 6.45) is 1.08. The Hall–Kier alpha value is -2.83. The zero-order chi connectivity index (χ0) is 27.4. The number of nitrogens with one attached hydrogen (secondary N) is 3. The second kappa shape index (κ2) is 15.3. The number of rotatable bonds is 15. The van der Waals surface area contributed by atoms with Gasteiger partial charge in [0.15, 0.2) is 0 Å². The minimum atomic E-state index is -1.35. The number of aliphatic hydroxyl groups excluding tert-OH is 1. The summed E-state index contributed by atoms with van der Waals surface area (Å²) in [6.45, 7) is 5.12. The monoisotopic (exact) mass is 526 g/mol.